The third-order valence-corrected chi connectivity index (χ3v) is 1.65. The van der Waals surface area contributed by atoms with Crippen LogP contribution in [0.25, 0.3) is 0 Å². The van der Waals surface area contributed by atoms with E-state index in [1.54, 1.807) is 0 Å². The van der Waals surface area contributed by atoms with Crippen molar-refractivity contribution in [1.29, 1.82) is 0 Å². The van der Waals surface area contributed by atoms with Crippen LogP contribution in [-0.4, -0.2) is 37.0 Å². The van der Waals surface area contributed by atoms with Gasteiger partial charge in [-0.2, -0.15) is 0 Å². The van der Waals surface area contributed by atoms with Gasteiger partial charge >= 0.3 is 11.9 Å². The Labute approximate surface area is 93.0 Å². The second-order valence-corrected chi connectivity index (χ2v) is 3.05. The van der Waals surface area contributed by atoms with Gasteiger partial charge in [0.1, 0.15) is 6.04 Å². The van der Waals surface area contributed by atoms with Crippen LogP contribution in [0.15, 0.2) is 4.99 Å². The van der Waals surface area contributed by atoms with Crippen molar-refractivity contribution in [2.24, 2.45) is 27.9 Å². The molecule has 0 aromatic heterocycles. The molecule has 0 spiro atoms. The van der Waals surface area contributed by atoms with E-state index in [0.29, 0.717) is 19.4 Å². The van der Waals surface area contributed by atoms with Crippen LogP contribution in [0.1, 0.15) is 12.8 Å². The molecule has 0 radical (unpaired) electrons. The molecule has 16 heavy (non-hydrogen) atoms. The van der Waals surface area contributed by atoms with Crippen LogP contribution in [0, 0.1) is 0 Å². The van der Waals surface area contributed by atoms with E-state index in [-0.39, 0.29) is 12.5 Å². The topological polar surface area (TPSA) is 160 Å². The highest BCUT2D eigenvalue weighted by molar-refractivity contribution is 5.89. The number of carbonyl (C=O) groups is 2. The molecule has 92 valence electrons. The summed E-state index contributed by atoms with van der Waals surface area (Å²) in [6.45, 7) is 0.0145. The summed E-state index contributed by atoms with van der Waals surface area (Å²) < 4.78 is 4.33. The molecule has 0 aromatic rings. The smallest absolute Gasteiger partial charge is 0.330 e. The van der Waals surface area contributed by atoms with Crippen molar-refractivity contribution in [1.82, 2.24) is 0 Å². The van der Waals surface area contributed by atoms with Crippen molar-refractivity contribution < 1.29 is 14.3 Å². The maximum atomic E-state index is 11.1. The van der Waals surface area contributed by atoms with E-state index in [2.05, 4.69) is 9.73 Å². The van der Waals surface area contributed by atoms with E-state index < -0.39 is 18.0 Å². The minimum atomic E-state index is -0.871. The lowest BCUT2D eigenvalue weighted by Crippen LogP contribution is -2.35. The summed E-state index contributed by atoms with van der Waals surface area (Å²) in [4.78, 5) is 25.5. The molecule has 0 aliphatic heterocycles. The predicted molar refractivity (Wildman–Crippen MR) is 58.0 cm³/mol. The molecular weight excluding hydrogens is 214 g/mol. The summed E-state index contributed by atoms with van der Waals surface area (Å²) in [7, 11) is 0. The van der Waals surface area contributed by atoms with Gasteiger partial charge in [0.2, 0.25) is 0 Å². The third kappa shape index (κ3) is 6.74. The van der Waals surface area contributed by atoms with E-state index in [0.717, 1.165) is 0 Å². The molecule has 1 atom stereocenters. The van der Waals surface area contributed by atoms with Gasteiger partial charge in [0.05, 0.1) is 6.54 Å². The van der Waals surface area contributed by atoms with Gasteiger partial charge in [-0.15, -0.1) is 0 Å². The summed E-state index contributed by atoms with van der Waals surface area (Å²) in [6.07, 6.45) is 0.846. The quantitative estimate of drug-likeness (QED) is 0.128. The molecule has 0 unspecified atom stereocenters. The maximum absolute atomic E-state index is 11.1. The van der Waals surface area contributed by atoms with Crippen LogP contribution in [0.5, 0.6) is 0 Å². The average molecular weight is 231 g/mol. The standard InChI is InChI=1S/C8H17N5O3/c9-4-6(14)16-7(15)5(10)2-1-3-13-8(11)12/h5H,1-4,9-10H2,(H4,11,12,13)/t5-/m0/s1. The van der Waals surface area contributed by atoms with Gasteiger partial charge in [0, 0.05) is 6.54 Å². The van der Waals surface area contributed by atoms with Gasteiger partial charge in [-0.25, -0.2) is 4.79 Å². The Morgan fingerprint density at radius 3 is 2.44 bits per heavy atom. The van der Waals surface area contributed by atoms with Crippen LogP contribution in [-0.2, 0) is 14.3 Å². The lowest BCUT2D eigenvalue weighted by atomic mass is 10.2. The zero-order valence-electron chi connectivity index (χ0n) is 8.89. The fourth-order valence-corrected chi connectivity index (χ4v) is 0.867. The molecule has 8 heteroatoms. The average Bonchev–Trinajstić information content (AvgIpc) is 2.23. The van der Waals surface area contributed by atoms with Gasteiger partial charge < -0.3 is 27.7 Å². The second kappa shape index (κ2) is 7.60. The molecule has 8 nitrogen and oxygen atoms in total. The molecule has 0 bridgehead atoms. The molecule has 0 heterocycles. The molecule has 0 saturated carbocycles. The summed E-state index contributed by atoms with van der Waals surface area (Å²) in [5.74, 6) is -1.61. The molecule has 0 aliphatic carbocycles. The molecule has 0 fully saturated rings. The number of guanidine groups is 1. The lowest BCUT2D eigenvalue weighted by molar-refractivity contribution is -0.159. The van der Waals surface area contributed by atoms with Crippen molar-refractivity contribution in [3.05, 3.63) is 0 Å². The van der Waals surface area contributed by atoms with Crippen molar-refractivity contribution in [2.75, 3.05) is 13.1 Å². The minimum Gasteiger partial charge on any atom is -0.391 e. The maximum Gasteiger partial charge on any atom is 0.330 e. The van der Waals surface area contributed by atoms with E-state index in [1.807, 2.05) is 0 Å². The first-order valence-corrected chi connectivity index (χ1v) is 4.73. The van der Waals surface area contributed by atoms with Crippen LogP contribution >= 0.6 is 0 Å². The number of aliphatic imine (C=N–C) groups is 1. The van der Waals surface area contributed by atoms with Crippen LogP contribution in [0.4, 0.5) is 0 Å². The van der Waals surface area contributed by atoms with Gasteiger partial charge in [-0.1, -0.05) is 0 Å². The van der Waals surface area contributed by atoms with Gasteiger partial charge in [-0.05, 0) is 12.8 Å². The molecule has 0 amide bonds. The summed E-state index contributed by atoms with van der Waals surface area (Å²) in [5.41, 5.74) is 20.6. The van der Waals surface area contributed by atoms with E-state index in [4.69, 9.17) is 22.9 Å². The predicted octanol–water partition coefficient (Wildman–Crippen LogP) is -2.60. The normalized spacial score (nSPS) is 11.6. The molecule has 0 aromatic carbocycles. The third-order valence-electron chi connectivity index (χ3n) is 1.65. The van der Waals surface area contributed by atoms with Crippen LogP contribution in [0.3, 0.4) is 0 Å². The number of hydrogen-bond donors (Lipinski definition) is 4. The number of hydrogen-bond acceptors (Lipinski definition) is 6. The Balaban J connectivity index is 3.79. The first-order chi connectivity index (χ1) is 7.47. The largest absolute Gasteiger partial charge is 0.391 e. The van der Waals surface area contributed by atoms with Gasteiger partial charge in [0.25, 0.3) is 0 Å². The molecule has 0 saturated heterocycles. The summed E-state index contributed by atoms with van der Waals surface area (Å²) in [5, 5.41) is 0. The molecule has 0 rings (SSSR count). The Kier molecular flexibility index (Phi) is 6.81. The number of rotatable bonds is 6. The first kappa shape index (κ1) is 14.3. The Bertz CT molecular complexity index is 275. The fourth-order valence-electron chi connectivity index (χ4n) is 0.867. The number of ether oxygens (including phenoxy) is 1. The van der Waals surface area contributed by atoms with E-state index in [1.165, 1.54) is 0 Å². The fraction of sp³-hybridized carbons (Fsp3) is 0.625. The molecule has 0 aliphatic rings. The summed E-state index contributed by atoms with van der Waals surface area (Å²) in [6, 6.07) is -0.871. The van der Waals surface area contributed by atoms with Crippen LogP contribution in [0.2, 0.25) is 0 Å². The first-order valence-electron chi connectivity index (χ1n) is 4.73. The Hall–Kier alpha value is -1.67. The van der Waals surface area contributed by atoms with Crippen molar-refractivity contribution in [3.8, 4) is 0 Å². The van der Waals surface area contributed by atoms with Crippen molar-refractivity contribution in [2.45, 2.75) is 18.9 Å². The highest BCUT2D eigenvalue weighted by Crippen LogP contribution is 1.97. The zero-order valence-corrected chi connectivity index (χ0v) is 8.89. The Morgan fingerprint density at radius 2 is 1.94 bits per heavy atom. The van der Waals surface area contributed by atoms with Gasteiger partial charge in [0.15, 0.2) is 5.96 Å². The monoisotopic (exact) mass is 231 g/mol. The minimum absolute atomic E-state index is 0.0190. The van der Waals surface area contributed by atoms with E-state index in [9.17, 15) is 9.59 Å². The number of nitrogens with zero attached hydrogens (tertiary/aromatic N) is 1. The lowest BCUT2D eigenvalue weighted by Gasteiger charge is -2.08. The second-order valence-electron chi connectivity index (χ2n) is 3.05. The summed E-state index contributed by atoms with van der Waals surface area (Å²) >= 11 is 0. The number of esters is 2. The van der Waals surface area contributed by atoms with Crippen molar-refractivity contribution in [3.63, 3.8) is 0 Å². The molecular formula is C8H17N5O3. The van der Waals surface area contributed by atoms with Crippen LogP contribution < -0.4 is 22.9 Å². The van der Waals surface area contributed by atoms with E-state index >= 15 is 0 Å². The Morgan fingerprint density at radius 1 is 1.31 bits per heavy atom. The van der Waals surface area contributed by atoms with Gasteiger partial charge in [-0.3, -0.25) is 9.79 Å². The van der Waals surface area contributed by atoms with Crippen molar-refractivity contribution >= 4 is 17.9 Å². The SMILES string of the molecule is NCC(=O)OC(=O)[C@@H](N)CCCN=C(N)N. The zero-order chi connectivity index (χ0) is 12.6. The number of nitrogens with two attached hydrogens (primary N) is 4. The number of carbonyl (C=O) groups excluding carboxylic acids is 2. The highest BCUT2D eigenvalue weighted by Gasteiger charge is 2.17. The molecule has 8 N–H and O–H groups in total. The highest BCUT2D eigenvalue weighted by atomic mass is 16.6.